The van der Waals surface area contributed by atoms with Crippen LogP contribution in [0, 0.1) is 5.41 Å². The second-order valence-electron chi connectivity index (χ2n) is 4.99. The van der Waals surface area contributed by atoms with E-state index in [4.69, 9.17) is 0 Å². The highest BCUT2D eigenvalue weighted by Gasteiger charge is 2.43. The summed E-state index contributed by atoms with van der Waals surface area (Å²) < 4.78 is 0. The number of hydrogen-bond donors (Lipinski definition) is 1. The Morgan fingerprint density at radius 2 is 2.06 bits per heavy atom. The van der Waals surface area contributed by atoms with Gasteiger partial charge >= 0.3 is 5.97 Å². The van der Waals surface area contributed by atoms with Gasteiger partial charge in [-0.15, -0.1) is 0 Å². The van der Waals surface area contributed by atoms with Gasteiger partial charge in [-0.2, -0.15) is 0 Å². The number of likely N-dealkylation sites (N-methyl/N-ethyl adjacent to an activating group) is 1. The average molecular weight is 219 g/mol. The molecule has 0 saturated heterocycles. The van der Waals surface area contributed by atoms with Crippen LogP contribution < -0.4 is 4.90 Å². The summed E-state index contributed by atoms with van der Waals surface area (Å²) in [5.41, 5.74) is 1.67. The van der Waals surface area contributed by atoms with Gasteiger partial charge in [0.25, 0.3) is 0 Å². The van der Waals surface area contributed by atoms with Crippen LogP contribution in [0.4, 0.5) is 5.69 Å². The van der Waals surface area contributed by atoms with Gasteiger partial charge in [-0.25, -0.2) is 0 Å². The third-order valence-electron chi connectivity index (χ3n) is 3.64. The summed E-state index contributed by atoms with van der Waals surface area (Å²) in [6, 6.07) is 8.15. The van der Waals surface area contributed by atoms with Crippen molar-refractivity contribution < 1.29 is 9.90 Å². The number of benzene rings is 1. The number of rotatable bonds is 2. The number of nitrogens with zero attached hydrogens (tertiary/aromatic N) is 1. The van der Waals surface area contributed by atoms with E-state index in [9.17, 15) is 9.90 Å². The Hall–Kier alpha value is -1.51. The molecule has 0 fully saturated rings. The van der Waals surface area contributed by atoms with E-state index >= 15 is 0 Å². The number of anilines is 1. The fraction of sp³-hybridized carbons (Fsp3) is 0.462. The Balaban J connectivity index is 2.35. The summed E-state index contributed by atoms with van der Waals surface area (Å²) in [6.45, 7) is 3.59. The molecule has 2 rings (SSSR count). The van der Waals surface area contributed by atoms with Crippen molar-refractivity contribution in [3.63, 3.8) is 0 Å². The number of carboxylic acids is 1. The van der Waals surface area contributed by atoms with Crippen LogP contribution >= 0.6 is 0 Å². The Kier molecular flexibility index (Phi) is 2.41. The van der Waals surface area contributed by atoms with Gasteiger partial charge in [0.15, 0.2) is 0 Å². The van der Waals surface area contributed by atoms with E-state index < -0.39 is 11.4 Å². The molecule has 16 heavy (non-hydrogen) atoms. The smallest absolute Gasteiger partial charge is 0.311 e. The summed E-state index contributed by atoms with van der Waals surface area (Å²) in [6.07, 6.45) is 0.811. The van der Waals surface area contributed by atoms with Gasteiger partial charge in [-0.1, -0.05) is 18.2 Å². The maximum Gasteiger partial charge on any atom is 0.311 e. The Bertz CT molecular complexity index is 426. The molecule has 1 aliphatic heterocycles. The molecule has 0 bridgehead atoms. The molecule has 1 N–H and O–H groups in total. The number of carbonyl (C=O) groups is 1. The first-order chi connectivity index (χ1) is 7.44. The first-order valence-corrected chi connectivity index (χ1v) is 5.48. The van der Waals surface area contributed by atoms with E-state index in [2.05, 4.69) is 11.0 Å². The number of fused-ring (bicyclic) bond motifs is 1. The highest BCUT2D eigenvalue weighted by molar-refractivity contribution is 5.77. The minimum Gasteiger partial charge on any atom is -0.481 e. The first-order valence-electron chi connectivity index (χ1n) is 5.48. The summed E-state index contributed by atoms with van der Waals surface area (Å²) in [4.78, 5) is 13.4. The van der Waals surface area contributed by atoms with Crippen molar-refractivity contribution in [1.82, 2.24) is 0 Å². The molecular formula is C13H17NO2. The molecule has 1 heterocycles. The predicted molar refractivity (Wildman–Crippen MR) is 63.8 cm³/mol. The molecule has 1 atom stereocenters. The highest BCUT2D eigenvalue weighted by atomic mass is 16.4. The molecule has 3 nitrogen and oxygen atoms in total. The number of aliphatic carboxylic acids is 1. The molecule has 3 heteroatoms. The second-order valence-corrected chi connectivity index (χ2v) is 4.99. The summed E-state index contributed by atoms with van der Waals surface area (Å²) in [5.74, 6) is -0.739. The van der Waals surface area contributed by atoms with Crippen LogP contribution in [-0.4, -0.2) is 24.2 Å². The minimum atomic E-state index is -0.739. The van der Waals surface area contributed by atoms with Crippen LogP contribution in [0.3, 0.4) is 0 Å². The van der Waals surface area contributed by atoms with Gasteiger partial charge in [0.1, 0.15) is 0 Å². The highest BCUT2D eigenvalue weighted by Crippen LogP contribution is 2.38. The molecular weight excluding hydrogens is 202 g/mol. The summed E-state index contributed by atoms with van der Waals surface area (Å²) in [5, 5.41) is 9.27. The monoisotopic (exact) mass is 219 g/mol. The fourth-order valence-corrected chi connectivity index (χ4v) is 2.42. The topological polar surface area (TPSA) is 40.5 Å². The third kappa shape index (κ3) is 1.47. The predicted octanol–water partition coefficient (Wildman–Crippen LogP) is 2.16. The van der Waals surface area contributed by atoms with Crippen molar-refractivity contribution in [1.29, 1.82) is 0 Å². The zero-order valence-electron chi connectivity index (χ0n) is 9.90. The van der Waals surface area contributed by atoms with E-state index in [0.29, 0.717) is 0 Å². The molecule has 1 unspecified atom stereocenters. The van der Waals surface area contributed by atoms with E-state index in [1.807, 2.05) is 25.2 Å². The lowest BCUT2D eigenvalue weighted by atomic mass is 9.82. The van der Waals surface area contributed by atoms with E-state index in [1.54, 1.807) is 13.8 Å². The quantitative estimate of drug-likeness (QED) is 0.828. The molecule has 1 aromatic rings. The summed E-state index contributed by atoms with van der Waals surface area (Å²) >= 11 is 0. The molecule has 1 aromatic carbocycles. The van der Waals surface area contributed by atoms with Gasteiger partial charge in [0.05, 0.1) is 5.41 Å². The second kappa shape index (κ2) is 3.51. The molecule has 0 saturated carbocycles. The summed E-state index contributed by atoms with van der Waals surface area (Å²) in [7, 11) is 1.97. The van der Waals surface area contributed by atoms with Crippen LogP contribution in [-0.2, 0) is 11.2 Å². The van der Waals surface area contributed by atoms with Gasteiger partial charge in [-0.3, -0.25) is 4.79 Å². The van der Waals surface area contributed by atoms with Crippen molar-refractivity contribution in [2.24, 2.45) is 5.41 Å². The fourth-order valence-electron chi connectivity index (χ4n) is 2.42. The number of hydrogen-bond acceptors (Lipinski definition) is 2. The number of carboxylic acid groups (broad SMARTS) is 1. The van der Waals surface area contributed by atoms with E-state index in [-0.39, 0.29) is 6.04 Å². The van der Waals surface area contributed by atoms with Gasteiger partial charge in [-0.05, 0) is 31.9 Å². The van der Waals surface area contributed by atoms with E-state index in [1.165, 1.54) is 5.56 Å². The molecule has 86 valence electrons. The zero-order valence-corrected chi connectivity index (χ0v) is 9.90. The Morgan fingerprint density at radius 3 is 2.62 bits per heavy atom. The van der Waals surface area contributed by atoms with Crippen LogP contribution in [0.5, 0.6) is 0 Å². The molecule has 0 aromatic heterocycles. The zero-order chi connectivity index (χ0) is 11.9. The largest absolute Gasteiger partial charge is 0.481 e. The molecule has 0 spiro atoms. The van der Waals surface area contributed by atoms with Crippen molar-refractivity contribution in [2.75, 3.05) is 11.9 Å². The Morgan fingerprint density at radius 1 is 1.44 bits per heavy atom. The standard InChI is InChI=1S/C13H17NO2/c1-13(2,12(15)16)11-8-9-6-4-5-7-10(9)14(11)3/h4-7,11H,8H2,1-3H3,(H,15,16). The normalized spacial score (nSPS) is 19.7. The van der Waals surface area contributed by atoms with Gasteiger partial charge in [0.2, 0.25) is 0 Å². The SMILES string of the molecule is CN1c2ccccc2CC1C(C)(C)C(=O)O. The van der Waals surface area contributed by atoms with Crippen LogP contribution in [0.25, 0.3) is 0 Å². The average Bonchev–Trinajstić information content (AvgIpc) is 2.57. The minimum absolute atomic E-state index is 0.0300. The van der Waals surface area contributed by atoms with Crippen molar-refractivity contribution in [2.45, 2.75) is 26.3 Å². The van der Waals surface area contributed by atoms with Crippen LogP contribution in [0.2, 0.25) is 0 Å². The lowest BCUT2D eigenvalue weighted by Gasteiger charge is -2.33. The maximum atomic E-state index is 11.3. The lowest BCUT2D eigenvalue weighted by molar-refractivity contribution is -0.148. The van der Waals surface area contributed by atoms with Crippen LogP contribution in [0.1, 0.15) is 19.4 Å². The molecule has 0 aliphatic carbocycles. The Labute approximate surface area is 95.7 Å². The van der Waals surface area contributed by atoms with Crippen molar-refractivity contribution in [3.8, 4) is 0 Å². The van der Waals surface area contributed by atoms with Crippen molar-refractivity contribution >= 4 is 11.7 Å². The molecule has 0 amide bonds. The maximum absolute atomic E-state index is 11.3. The molecule has 1 aliphatic rings. The van der Waals surface area contributed by atoms with Crippen molar-refractivity contribution in [3.05, 3.63) is 29.8 Å². The van der Waals surface area contributed by atoms with Crippen LogP contribution in [0.15, 0.2) is 24.3 Å². The molecule has 0 radical (unpaired) electrons. The first kappa shape index (κ1) is 11.0. The van der Waals surface area contributed by atoms with E-state index in [0.717, 1.165) is 12.1 Å². The third-order valence-corrected chi connectivity index (χ3v) is 3.64. The number of para-hydroxylation sites is 1. The lowest BCUT2D eigenvalue weighted by Crippen LogP contribution is -2.46. The van der Waals surface area contributed by atoms with Gasteiger partial charge < -0.3 is 10.0 Å². The van der Waals surface area contributed by atoms with Gasteiger partial charge in [0, 0.05) is 18.8 Å².